The molecule has 1 aliphatic rings. The number of piperidine rings is 1. The van der Waals surface area contributed by atoms with Crippen LogP contribution in [0.5, 0.6) is 0 Å². The van der Waals surface area contributed by atoms with Crippen molar-refractivity contribution in [3.05, 3.63) is 44.3 Å². The molecule has 7 heteroatoms. The number of nitrogens with zero attached hydrogens (tertiary/aromatic N) is 3. The van der Waals surface area contributed by atoms with Crippen LogP contribution in [0.3, 0.4) is 0 Å². The van der Waals surface area contributed by atoms with Gasteiger partial charge in [-0.15, -0.1) is 0 Å². The lowest BCUT2D eigenvalue weighted by molar-refractivity contribution is -0.477. The molecule has 0 radical (unpaired) electrons. The van der Waals surface area contributed by atoms with Crippen LogP contribution in [0, 0.1) is 20.2 Å². The van der Waals surface area contributed by atoms with Crippen molar-refractivity contribution in [2.24, 2.45) is 0 Å². The molecule has 0 atom stereocenters. The molecule has 0 aromatic rings. The van der Waals surface area contributed by atoms with E-state index >= 15 is 0 Å². The second-order valence-electron chi connectivity index (χ2n) is 3.96. The molecule has 0 unspecified atom stereocenters. The third-order valence-electron chi connectivity index (χ3n) is 2.57. The van der Waals surface area contributed by atoms with Gasteiger partial charge < -0.3 is 4.90 Å². The largest absolute Gasteiger partial charge is 0.372 e. The van der Waals surface area contributed by atoms with E-state index in [1.165, 1.54) is 6.20 Å². The number of hydrogen-bond acceptors (Lipinski definition) is 5. The maximum absolute atomic E-state index is 10.8. The topological polar surface area (TPSA) is 89.5 Å². The normalized spacial score (nSPS) is 16.7. The van der Waals surface area contributed by atoms with E-state index in [2.05, 4.69) is 6.58 Å². The lowest BCUT2D eigenvalue weighted by atomic mass is 10.1. The van der Waals surface area contributed by atoms with Crippen LogP contribution < -0.4 is 0 Å². The zero-order chi connectivity index (χ0) is 12.8. The molecule has 17 heavy (non-hydrogen) atoms. The zero-order valence-electron chi connectivity index (χ0n) is 9.50. The Morgan fingerprint density at radius 1 is 1.24 bits per heavy atom. The third kappa shape index (κ3) is 4.21. The summed E-state index contributed by atoms with van der Waals surface area (Å²) >= 11 is 0. The molecular weight excluding hydrogens is 226 g/mol. The summed E-state index contributed by atoms with van der Waals surface area (Å²) in [7, 11) is 0. The average molecular weight is 241 g/mol. The van der Waals surface area contributed by atoms with Crippen LogP contribution in [0.2, 0.25) is 0 Å². The first-order valence-electron chi connectivity index (χ1n) is 5.41. The second kappa shape index (κ2) is 5.97. The molecule has 0 spiro atoms. The van der Waals surface area contributed by atoms with Crippen LogP contribution >= 0.6 is 0 Å². The van der Waals surface area contributed by atoms with Gasteiger partial charge in [0.05, 0.1) is 16.7 Å². The standard InChI is InChI=1S/C10H15N3O4/c1-9(7-12(14)15)10(13(16)17)8-11-5-3-2-4-6-11/h8H,1-7H2/b10-8-. The molecule has 94 valence electrons. The van der Waals surface area contributed by atoms with Gasteiger partial charge in [-0.2, -0.15) is 0 Å². The highest BCUT2D eigenvalue weighted by Gasteiger charge is 2.22. The lowest BCUT2D eigenvalue weighted by Crippen LogP contribution is -2.26. The van der Waals surface area contributed by atoms with Crippen molar-refractivity contribution < 1.29 is 9.85 Å². The van der Waals surface area contributed by atoms with Crippen LogP contribution in [-0.2, 0) is 0 Å². The van der Waals surface area contributed by atoms with Gasteiger partial charge in [-0.05, 0) is 19.3 Å². The molecule has 0 aromatic heterocycles. The lowest BCUT2D eigenvalue weighted by Gasteiger charge is -2.24. The first kappa shape index (κ1) is 13.1. The van der Waals surface area contributed by atoms with E-state index in [0.29, 0.717) is 0 Å². The Balaban J connectivity index is 2.76. The summed E-state index contributed by atoms with van der Waals surface area (Å²) in [6.07, 6.45) is 4.48. The molecule has 0 bridgehead atoms. The summed E-state index contributed by atoms with van der Waals surface area (Å²) in [6, 6.07) is 0. The average Bonchev–Trinajstić information content (AvgIpc) is 2.25. The quantitative estimate of drug-likeness (QED) is 0.412. The van der Waals surface area contributed by atoms with Gasteiger partial charge in [-0.25, -0.2) is 0 Å². The maximum Gasteiger partial charge on any atom is 0.294 e. The number of likely N-dealkylation sites (tertiary alicyclic amines) is 1. The maximum atomic E-state index is 10.8. The fourth-order valence-corrected chi connectivity index (χ4v) is 1.72. The van der Waals surface area contributed by atoms with Gasteiger partial charge in [0.1, 0.15) is 0 Å². The summed E-state index contributed by atoms with van der Waals surface area (Å²) in [6.45, 7) is 4.31. The molecule has 7 nitrogen and oxygen atoms in total. The van der Waals surface area contributed by atoms with Gasteiger partial charge >= 0.3 is 0 Å². The van der Waals surface area contributed by atoms with Crippen molar-refractivity contribution in [2.45, 2.75) is 19.3 Å². The van der Waals surface area contributed by atoms with Crippen molar-refractivity contribution >= 4 is 0 Å². The Kier molecular flexibility index (Phi) is 4.62. The molecule has 1 aliphatic heterocycles. The Bertz CT molecular complexity index is 359. The summed E-state index contributed by atoms with van der Waals surface area (Å²) in [5, 5.41) is 21.1. The van der Waals surface area contributed by atoms with Gasteiger partial charge in [-0.3, -0.25) is 20.2 Å². The number of hydrogen-bond donors (Lipinski definition) is 0. The highest BCUT2D eigenvalue weighted by Crippen LogP contribution is 2.14. The zero-order valence-corrected chi connectivity index (χ0v) is 9.50. The number of rotatable bonds is 5. The van der Waals surface area contributed by atoms with Crippen molar-refractivity contribution in [3.8, 4) is 0 Å². The van der Waals surface area contributed by atoms with Gasteiger partial charge in [-0.1, -0.05) is 6.58 Å². The molecule has 1 heterocycles. The van der Waals surface area contributed by atoms with Crippen molar-refractivity contribution in [1.29, 1.82) is 0 Å². The second-order valence-corrected chi connectivity index (χ2v) is 3.96. The summed E-state index contributed by atoms with van der Waals surface area (Å²) in [5.41, 5.74) is -0.325. The van der Waals surface area contributed by atoms with E-state index in [1.807, 2.05) is 4.90 Å². The highest BCUT2D eigenvalue weighted by atomic mass is 16.6. The Labute approximate surface area is 98.7 Å². The van der Waals surface area contributed by atoms with Crippen LogP contribution in [0.1, 0.15) is 19.3 Å². The summed E-state index contributed by atoms with van der Waals surface area (Å²) in [5.74, 6) is 0. The van der Waals surface area contributed by atoms with E-state index in [1.54, 1.807) is 0 Å². The Morgan fingerprint density at radius 2 is 1.82 bits per heavy atom. The van der Waals surface area contributed by atoms with Crippen LogP contribution in [-0.4, -0.2) is 34.4 Å². The van der Waals surface area contributed by atoms with Crippen LogP contribution in [0.25, 0.3) is 0 Å². The summed E-state index contributed by atoms with van der Waals surface area (Å²) < 4.78 is 0. The third-order valence-corrected chi connectivity index (χ3v) is 2.57. The molecule has 1 rings (SSSR count). The molecule has 0 aromatic carbocycles. The molecule has 0 saturated carbocycles. The van der Waals surface area contributed by atoms with Gasteiger partial charge in [0.15, 0.2) is 0 Å². The van der Waals surface area contributed by atoms with Crippen molar-refractivity contribution in [3.63, 3.8) is 0 Å². The molecule has 0 amide bonds. The predicted octanol–water partition coefficient (Wildman–Crippen LogP) is 1.42. The van der Waals surface area contributed by atoms with E-state index < -0.39 is 16.4 Å². The fourth-order valence-electron chi connectivity index (χ4n) is 1.72. The molecule has 0 N–H and O–H groups in total. The minimum atomic E-state index is -0.615. The molecular formula is C10H15N3O4. The molecule has 1 saturated heterocycles. The van der Waals surface area contributed by atoms with Gasteiger partial charge in [0, 0.05) is 18.0 Å². The van der Waals surface area contributed by atoms with Crippen LogP contribution in [0.4, 0.5) is 0 Å². The predicted molar refractivity (Wildman–Crippen MR) is 61.5 cm³/mol. The van der Waals surface area contributed by atoms with E-state index in [0.717, 1.165) is 32.4 Å². The SMILES string of the molecule is C=C(C[N+](=O)[O-])/C(=C/N1CCCCC1)[N+](=O)[O-]. The van der Waals surface area contributed by atoms with E-state index in [9.17, 15) is 20.2 Å². The van der Waals surface area contributed by atoms with Crippen molar-refractivity contribution in [1.82, 2.24) is 4.90 Å². The fraction of sp³-hybridized carbons (Fsp3) is 0.600. The molecule has 1 fully saturated rings. The van der Waals surface area contributed by atoms with Crippen LogP contribution in [0.15, 0.2) is 24.0 Å². The molecule has 0 aliphatic carbocycles. The summed E-state index contributed by atoms with van der Waals surface area (Å²) in [4.78, 5) is 21.7. The van der Waals surface area contributed by atoms with E-state index in [4.69, 9.17) is 0 Å². The van der Waals surface area contributed by atoms with Gasteiger partial charge in [0.25, 0.3) is 5.70 Å². The minimum Gasteiger partial charge on any atom is -0.372 e. The van der Waals surface area contributed by atoms with Crippen molar-refractivity contribution in [2.75, 3.05) is 19.6 Å². The van der Waals surface area contributed by atoms with Gasteiger partial charge in [0.2, 0.25) is 6.54 Å². The van der Waals surface area contributed by atoms with E-state index in [-0.39, 0.29) is 11.3 Å². The highest BCUT2D eigenvalue weighted by molar-refractivity contribution is 5.21. The first-order chi connectivity index (χ1) is 8.00. The monoisotopic (exact) mass is 241 g/mol. The smallest absolute Gasteiger partial charge is 0.294 e. The minimum absolute atomic E-state index is 0.0643. The Hall–Kier alpha value is -1.92. The Morgan fingerprint density at radius 3 is 2.29 bits per heavy atom. The first-order valence-corrected chi connectivity index (χ1v) is 5.41. The number of nitro groups is 2.